The zero-order valence-corrected chi connectivity index (χ0v) is 14.6. The van der Waals surface area contributed by atoms with Gasteiger partial charge in [0.1, 0.15) is 0 Å². The van der Waals surface area contributed by atoms with E-state index in [0.29, 0.717) is 28.7 Å². The first kappa shape index (κ1) is 17.8. The molecular formula is C16H18Cl2N2O3. The summed E-state index contributed by atoms with van der Waals surface area (Å²) in [6.45, 7) is 2.27. The van der Waals surface area contributed by atoms with E-state index < -0.39 is 17.7 Å². The minimum absolute atomic E-state index is 0.0676. The molecule has 0 aliphatic carbocycles. The first-order chi connectivity index (χ1) is 10.7. The summed E-state index contributed by atoms with van der Waals surface area (Å²) in [4.78, 5) is 27.7. The molecule has 1 aromatic carbocycles. The molecule has 0 saturated heterocycles. The smallest absolute Gasteiger partial charge is 0.290 e. The van der Waals surface area contributed by atoms with E-state index in [-0.39, 0.29) is 11.4 Å². The summed E-state index contributed by atoms with van der Waals surface area (Å²) in [5, 5.41) is 10.9. The van der Waals surface area contributed by atoms with E-state index in [0.717, 1.165) is 0 Å². The van der Waals surface area contributed by atoms with Crippen LogP contribution in [0.3, 0.4) is 0 Å². The third kappa shape index (κ3) is 3.52. The number of rotatable bonds is 5. The highest BCUT2D eigenvalue weighted by molar-refractivity contribution is 6.35. The van der Waals surface area contributed by atoms with Crippen molar-refractivity contribution in [3.63, 3.8) is 0 Å². The van der Waals surface area contributed by atoms with Crippen molar-refractivity contribution in [2.45, 2.75) is 13.0 Å². The second-order valence-corrected chi connectivity index (χ2v) is 6.53. The fourth-order valence-corrected chi connectivity index (χ4v) is 3.11. The van der Waals surface area contributed by atoms with Gasteiger partial charge >= 0.3 is 0 Å². The molecule has 0 fully saturated rings. The van der Waals surface area contributed by atoms with Gasteiger partial charge in [0.05, 0.1) is 11.6 Å². The fourth-order valence-electron chi connectivity index (χ4n) is 2.60. The summed E-state index contributed by atoms with van der Waals surface area (Å²) in [5.41, 5.74) is 0.635. The summed E-state index contributed by atoms with van der Waals surface area (Å²) in [7, 11) is 3.76. The number of benzene rings is 1. The zero-order chi connectivity index (χ0) is 17.3. The Morgan fingerprint density at radius 1 is 1.35 bits per heavy atom. The molecule has 1 aromatic rings. The van der Waals surface area contributed by atoms with Gasteiger partial charge in [0, 0.05) is 23.1 Å². The molecule has 0 aromatic heterocycles. The van der Waals surface area contributed by atoms with Gasteiger partial charge in [0.2, 0.25) is 0 Å². The average Bonchev–Trinajstić information content (AvgIpc) is 2.69. The molecular weight excluding hydrogens is 339 g/mol. The maximum atomic E-state index is 12.4. The molecule has 7 heteroatoms. The van der Waals surface area contributed by atoms with E-state index in [1.54, 1.807) is 18.2 Å². The molecule has 23 heavy (non-hydrogen) atoms. The maximum Gasteiger partial charge on any atom is 0.290 e. The quantitative estimate of drug-likeness (QED) is 0.880. The monoisotopic (exact) mass is 356 g/mol. The van der Waals surface area contributed by atoms with Crippen molar-refractivity contribution >= 4 is 34.9 Å². The normalized spacial score (nSPS) is 18.3. The molecule has 0 saturated carbocycles. The minimum Gasteiger partial charge on any atom is -0.503 e. The standard InChI is InChI=1S/C16H18Cl2N2O3/c1-9(21)13-14(11-5-4-10(17)8-12(11)18)20(7-6-19(2)3)16(23)15(13)22/h4-5,8,14,22H,6-7H2,1-3H3/t14-/m1/s1. The van der Waals surface area contributed by atoms with Crippen LogP contribution in [0, 0.1) is 0 Å². The average molecular weight is 357 g/mol. The van der Waals surface area contributed by atoms with Gasteiger partial charge in [-0.2, -0.15) is 0 Å². The predicted octanol–water partition coefficient (Wildman–Crippen LogP) is 2.84. The van der Waals surface area contributed by atoms with Crippen LogP contribution in [0.4, 0.5) is 0 Å². The van der Waals surface area contributed by atoms with Gasteiger partial charge in [-0.25, -0.2) is 0 Å². The molecule has 0 radical (unpaired) electrons. The Morgan fingerprint density at radius 2 is 2.00 bits per heavy atom. The Labute approximate surface area is 145 Å². The Morgan fingerprint density at radius 3 is 2.52 bits per heavy atom. The lowest BCUT2D eigenvalue weighted by atomic mass is 9.96. The van der Waals surface area contributed by atoms with Crippen molar-refractivity contribution in [2.24, 2.45) is 0 Å². The fraction of sp³-hybridized carbons (Fsp3) is 0.375. The number of carbonyl (C=O) groups is 2. The summed E-state index contributed by atoms with van der Waals surface area (Å²) in [5.74, 6) is -1.43. The minimum atomic E-state index is -0.704. The number of aliphatic hydroxyl groups excluding tert-OH is 1. The van der Waals surface area contributed by atoms with E-state index >= 15 is 0 Å². The topological polar surface area (TPSA) is 60.9 Å². The number of ketones is 1. The largest absolute Gasteiger partial charge is 0.503 e. The summed E-state index contributed by atoms with van der Waals surface area (Å²) in [6, 6.07) is 4.17. The molecule has 124 valence electrons. The van der Waals surface area contributed by atoms with Crippen molar-refractivity contribution in [1.29, 1.82) is 0 Å². The number of hydrogen-bond acceptors (Lipinski definition) is 4. The molecule has 2 rings (SSSR count). The van der Waals surface area contributed by atoms with Crippen molar-refractivity contribution < 1.29 is 14.7 Å². The third-order valence-electron chi connectivity index (χ3n) is 3.73. The van der Waals surface area contributed by atoms with E-state index in [9.17, 15) is 14.7 Å². The van der Waals surface area contributed by atoms with Crippen LogP contribution in [-0.2, 0) is 9.59 Å². The number of nitrogens with zero attached hydrogens (tertiary/aromatic N) is 2. The van der Waals surface area contributed by atoms with Crippen molar-refractivity contribution in [3.8, 4) is 0 Å². The summed E-state index contributed by atoms with van der Waals surface area (Å²) in [6.07, 6.45) is 0. The van der Waals surface area contributed by atoms with Crippen molar-refractivity contribution in [2.75, 3.05) is 27.2 Å². The second-order valence-electron chi connectivity index (χ2n) is 5.69. The highest BCUT2D eigenvalue weighted by atomic mass is 35.5. The van der Waals surface area contributed by atoms with Gasteiger partial charge in [0.25, 0.3) is 5.91 Å². The van der Waals surface area contributed by atoms with Crippen LogP contribution in [0.15, 0.2) is 29.5 Å². The lowest BCUT2D eigenvalue weighted by Crippen LogP contribution is -2.36. The first-order valence-electron chi connectivity index (χ1n) is 7.08. The first-order valence-corrected chi connectivity index (χ1v) is 7.84. The Balaban J connectivity index is 2.51. The van der Waals surface area contributed by atoms with Gasteiger partial charge in [0.15, 0.2) is 11.5 Å². The van der Waals surface area contributed by atoms with Gasteiger partial charge in [-0.15, -0.1) is 0 Å². The molecule has 1 atom stereocenters. The Hall–Kier alpha value is -1.56. The van der Waals surface area contributed by atoms with Crippen molar-refractivity contribution in [3.05, 3.63) is 45.1 Å². The lowest BCUT2D eigenvalue weighted by Gasteiger charge is -2.28. The molecule has 0 bridgehead atoms. The summed E-state index contributed by atoms with van der Waals surface area (Å²) >= 11 is 12.2. The van der Waals surface area contributed by atoms with Crippen LogP contribution in [0.25, 0.3) is 0 Å². The highest BCUT2D eigenvalue weighted by Gasteiger charge is 2.42. The highest BCUT2D eigenvalue weighted by Crippen LogP contribution is 2.40. The molecule has 1 heterocycles. The van der Waals surface area contributed by atoms with Gasteiger partial charge in [-0.3, -0.25) is 9.59 Å². The molecule has 1 aliphatic rings. The third-order valence-corrected chi connectivity index (χ3v) is 4.29. The van der Waals surface area contributed by atoms with E-state index in [4.69, 9.17) is 23.2 Å². The number of likely N-dealkylation sites (N-methyl/N-ethyl adjacent to an activating group) is 1. The SMILES string of the molecule is CC(=O)C1=C(O)C(=O)N(CCN(C)C)[C@@H]1c1ccc(Cl)cc1Cl. The van der Waals surface area contributed by atoms with E-state index in [1.165, 1.54) is 11.8 Å². The van der Waals surface area contributed by atoms with E-state index in [2.05, 4.69) is 0 Å². The van der Waals surface area contributed by atoms with Crippen LogP contribution < -0.4 is 0 Å². The zero-order valence-electron chi connectivity index (χ0n) is 13.1. The molecule has 1 N–H and O–H groups in total. The number of aliphatic hydroxyl groups is 1. The molecule has 5 nitrogen and oxygen atoms in total. The van der Waals surface area contributed by atoms with Crippen LogP contribution in [0.2, 0.25) is 10.0 Å². The molecule has 1 amide bonds. The van der Waals surface area contributed by atoms with Crippen LogP contribution in [-0.4, -0.2) is 53.8 Å². The van der Waals surface area contributed by atoms with Crippen molar-refractivity contribution in [1.82, 2.24) is 9.80 Å². The number of hydrogen-bond donors (Lipinski definition) is 1. The molecule has 0 spiro atoms. The molecule has 1 aliphatic heterocycles. The Kier molecular flexibility index (Phi) is 5.34. The second kappa shape index (κ2) is 6.91. The Bertz CT molecular complexity index is 686. The number of carbonyl (C=O) groups excluding carboxylic acids is 2. The number of amides is 1. The molecule has 0 unspecified atom stereocenters. The van der Waals surface area contributed by atoms with Crippen LogP contribution >= 0.6 is 23.2 Å². The van der Waals surface area contributed by atoms with Gasteiger partial charge < -0.3 is 14.9 Å². The van der Waals surface area contributed by atoms with Crippen LogP contribution in [0.1, 0.15) is 18.5 Å². The van der Waals surface area contributed by atoms with Gasteiger partial charge in [-0.1, -0.05) is 29.3 Å². The lowest BCUT2D eigenvalue weighted by molar-refractivity contribution is -0.129. The maximum absolute atomic E-state index is 12.4. The van der Waals surface area contributed by atoms with E-state index in [1.807, 2.05) is 19.0 Å². The predicted molar refractivity (Wildman–Crippen MR) is 89.8 cm³/mol. The summed E-state index contributed by atoms with van der Waals surface area (Å²) < 4.78 is 0. The number of halogens is 2. The number of Topliss-reactive ketones (excluding diaryl/α,β-unsaturated/α-hetero) is 1. The van der Waals surface area contributed by atoms with Gasteiger partial charge in [-0.05, 0) is 38.7 Å². The van der Waals surface area contributed by atoms with Crippen LogP contribution in [0.5, 0.6) is 0 Å².